The van der Waals surface area contributed by atoms with E-state index in [2.05, 4.69) is 5.32 Å². The number of nitrogens with one attached hydrogen (secondary N) is 1. The number of nitro groups is 1. The van der Waals surface area contributed by atoms with E-state index >= 15 is 0 Å². The molecular weight excluding hydrogens is 286 g/mol. The topological polar surface area (TPSA) is 107 Å². The molecule has 1 atom stereocenters. The molecule has 0 aliphatic heterocycles. The number of amides is 1. The summed E-state index contributed by atoms with van der Waals surface area (Å²) in [5.74, 6) is -0.265. The third-order valence-electron chi connectivity index (χ3n) is 2.66. The molecule has 112 valence electrons. The lowest BCUT2D eigenvalue weighted by Crippen LogP contribution is -2.39. The van der Waals surface area contributed by atoms with Gasteiger partial charge in [0.15, 0.2) is 5.75 Å². The molecule has 3 N–H and O–H groups in total. The Morgan fingerprint density at radius 3 is 2.50 bits per heavy atom. The summed E-state index contributed by atoms with van der Waals surface area (Å²) in [5, 5.41) is 13.4. The van der Waals surface area contributed by atoms with Gasteiger partial charge in [0, 0.05) is 11.8 Å². The smallest absolute Gasteiger partial charge is 0.312 e. The summed E-state index contributed by atoms with van der Waals surface area (Å²) in [5.41, 5.74) is 5.79. The quantitative estimate of drug-likeness (QED) is 0.638. The number of carbonyl (C=O) groups is 1. The fraction of sp³-hybridized carbons (Fsp3) is 0.417. The molecule has 1 aromatic rings. The average Bonchev–Trinajstić information content (AvgIpc) is 2.37. The van der Waals surface area contributed by atoms with Crippen molar-refractivity contribution in [2.45, 2.75) is 19.9 Å². The van der Waals surface area contributed by atoms with Crippen LogP contribution in [0.3, 0.4) is 0 Å². The third kappa shape index (κ3) is 4.36. The number of carbonyl (C=O) groups excluding carboxylic acids is 1. The molecule has 0 heterocycles. The van der Waals surface area contributed by atoms with Crippen LogP contribution in [0.15, 0.2) is 18.2 Å². The Bertz CT molecular complexity index is 494. The van der Waals surface area contributed by atoms with E-state index in [1.165, 1.54) is 25.3 Å². The molecule has 0 fully saturated rings. The number of ether oxygens (including phenoxy) is 1. The van der Waals surface area contributed by atoms with Crippen LogP contribution >= 0.6 is 12.4 Å². The number of nitro benzene ring substituents is 1. The molecule has 7 nitrogen and oxygen atoms in total. The number of methoxy groups -OCH3 is 1. The fourth-order valence-electron chi connectivity index (χ4n) is 1.44. The van der Waals surface area contributed by atoms with Crippen molar-refractivity contribution in [3.63, 3.8) is 0 Å². The molecule has 0 unspecified atom stereocenters. The van der Waals surface area contributed by atoms with Gasteiger partial charge in [-0.3, -0.25) is 14.9 Å². The molecule has 0 radical (unpaired) electrons. The maximum Gasteiger partial charge on any atom is 0.312 e. The molecule has 0 aliphatic carbocycles. The van der Waals surface area contributed by atoms with E-state index in [9.17, 15) is 14.9 Å². The van der Waals surface area contributed by atoms with Crippen molar-refractivity contribution in [2.75, 3.05) is 12.4 Å². The highest BCUT2D eigenvalue weighted by Gasteiger charge is 2.20. The van der Waals surface area contributed by atoms with Gasteiger partial charge in [-0.05, 0) is 18.1 Å². The first-order valence-electron chi connectivity index (χ1n) is 5.75. The summed E-state index contributed by atoms with van der Waals surface area (Å²) in [6.07, 6.45) is 0. The summed E-state index contributed by atoms with van der Waals surface area (Å²) in [6.45, 7) is 3.64. The molecule has 20 heavy (non-hydrogen) atoms. The Morgan fingerprint density at radius 1 is 1.45 bits per heavy atom. The van der Waals surface area contributed by atoms with Crippen molar-refractivity contribution < 1.29 is 14.5 Å². The number of rotatable bonds is 5. The van der Waals surface area contributed by atoms with Crippen LogP contribution < -0.4 is 15.8 Å². The van der Waals surface area contributed by atoms with Gasteiger partial charge >= 0.3 is 5.69 Å². The predicted molar refractivity (Wildman–Crippen MR) is 78.3 cm³/mol. The highest BCUT2D eigenvalue weighted by molar-refractivity contribution is 5.95. The van der Waals surface area contributed by atoms with Crippen LogP contribution in [-0.2, 0) is 4.79 Å². The van der Waals surface area contributed by atoms with Crippen molar-refractivity contribution >= 4 is 29.7 Å². The fourth-order valence-corrected chi connectivity index (χ4v) is 1.44. The maximum atomic E-state index is 11.8. The van der Waals surface area contributed by atoms with Gasteiger partial charge in [0.1, 0.15) is 0 Å². The lowest BCUT2D eigenvalue weighted by molar-refractivity contribution is -0.385. The normalized spacial score (nSPS) is 11.4. The second kappa shape index (κ2) is 7.66. The number of hydrogen-bond acceptors (Lipinski definition) is 5. The molecule has 1 amide bonds. The highest BCUT2D eigenvalue weighted by atomic mass is 35.5. The van der Waals surface area contributed by atoms with E-state index in [0.29, 0.717) is 5.69 Å². The Balaban J connectivity index is 0.00000361. The van der Waals surface area contributed by atoms with Crippen LogP contribution in [0.1, 0.15) is 13.8 Å². The summed E-state index contributed by atoms with van der Waals surface area (Å²) in [4.78, 5) is 22.0. The minimum Gasteiger partial charge on any atom is -0.490 e. The van der Waals surface area contributed by atoms with Gasteiger partial charge in [0.2, 0.25) is 5.91 Å². The lowest BCUT2D eigenvalue weighted by Gasteiger charge is -2.15. The first-order chi connectivity index (χ1) is 8.86. The van der Waals surface area contributed by atoms with Crippen molar-refractivity contribution in [3.8, 4) is 5.75 Å². The van der Waals surface area contributed by atoms with E-state index < -0.39 is 11.0 Å². The summed E-state index contributed by atoms with van der Waals surface area (Å²) in [7, 11) is 1.34. The minimum atomic E-state index is -0.666. The maximum absolute atomic E-state index is 11.8. The van der Waals surface area contributed by atoms with Crippen molar-refractivity contribution in [1.29, 1.82) is 0 Å². The molecule has 0 spiro atoms. The number of nitrogens with two attached hydrogens (primary N) is 1. The van der Waals surface area contributed by atoms with Gasteiger partial charge in [-0.2, -0.15) is 0 Å². The number of anilines is 1. The first kappa shape index (κ1) is 18.1. The molecule has 0 aliphatic rings. The lowest BCUT2D eigenvalue weighted by atomic mass is 10.0. The molecule has 0 saturated carbocycles. The Labute approximate surface area is 123 Å². The van der Waals surface area contributed by atoms with E-state index in [0.717, 1.165) is 0 Å². The van der Waals surface area contributed by atoms with Gasteiger partial charge in [0.25, 0.3) is 0 Å². The highest BCUT2D eigenvalue weighted by Crippen LogP contribution is 2.29. The van der Waals surface area contributed by atoms with Crippen LogP contribution in [-0.4, -0.2) is 24.0 Å². The summed E-state index contributed by atoms with van der Waals surface area (Å²) >= 11 is 0. The standard InChI is InChI=1S/C12H17N3O4.ClH/c1-7(2)11(13)12(16)14-8-4-5-10(19-3)9(6-8)15(17)18;/h4-7,11H,13H2,1-3H3,(H,14,16);1H/t11-;/m0./s1. The number of hydrogen-bond donors (Lipinski definition) is 2. The van der Waals surface area contributed by atoms with Gasteiger partial charge < -0.3 is 15.8 Å². The molecule has 1 aromatic carbocycles. The largest absolute Gasteiger partial charge is 0.490 e. The van der Waals surface area contributed by atoms with Crippen molar-refractivity contribution in [2.24, 2.45) is 11.7 Å². The Hall–Kier alpha value is -1.86. The van der Waals surface area contributed by atoms with Crippen LogP contribution in [0, 0.1) is 16.0 Å². The summed E-state index contributed by atoms with van der Waals surface area (Å²) < 4.78 is 4.87. The Kier molecular flexibility index (Phi) is 6.95. The van der Waals surface area contributed by atoms with E-state index in [-0.39, 0.29) is 35.7 Å². The van der Waals surface area contributed by atoms with E-state index in [4.69, 9.17) is 10.5 Å². The van der Waals surface area contributed by atoms with Crippen LogP contribution in [0.4, 0.5) is 11.4 Å². The Morgan fingerprint density at radius 2 is 2.05 bits per heavy atom. The number of benzene rings is 1. The van der Waals surface area contributed by atoms with Gasteiger partial charge in [-0.15, -0.1) is 12.4 Å². The zero-order valence-corrected chi connectivity index (χ0v) is 12.3. The van der Waals surface area contributed by atoms with Crippen LogP contribution in [0.5, 0.6) is 5.75 Å². The van der Waals surface area contributed by atoms with Crippen molar-refractivity contribution in [3.05, 3.63) is 28.3 Å². The first-order valence-corrected chi connectivity index (χ1v) is 5.75. The van der Waals surface area contributed by atoms with Gasteiger partial charge in [0.05, 0.1) is 18.1 Å². The molecule has 8 heteroatoms. The molecular formula is C12H18ClN3O4. The third-order valence-corrected chi connectivity index (χ3v) is 2.66. The zero-order valence-electron chi connectivity index (χ0n) is 11.5. The predicted octanol–water partition coefficient (Wildman–Crippen LogP) is 1.95. The van der Waals surface area contributed by atoms with Crippen LogP contribution in [0.25, 0.3) is 0 Å². The van der Waals surface area contributed by atoms with E-state index in [1.807, 2.05) is 13.8 Å². The molecule has 0 saturated heterocycles. The monoisotopic (exact) mass is 303 g/mol. The van der Waals surface area contributed by atoms with Gasteiger partial charge in [-0.25, -0.2) is 0 Å². The molecule has 0 bridgehead atoms. The summed E-state index contributed by atoms with van der Waals surface area (Å²) in [6, 6.07) is 3.52. The molecule has 0 aromatic heterocycles. The zero-order chi connectivity index (χ0) is 14.6. The minimum absolute atomic E-state index is 0. The van der Waals surface area contributed by atoms with Crippen LogP contribution in [0.2, 0.25) is 0 Å². The second-order valence-corrected chi connectivity index (χ2v) is 4.40. The van der Waals surface area contributed by atoms with Gasteiger partial charge in [-0.1, -0.05) is 13.8 Å². The van der Waals surface area contributed by atoms with E-state index in [1.54, 1.807) is 0 Å². The average molecular weight is 304 g/mol. The number of halogens is 1. The second-order valence-electron chi connectivity index (χ2n) is 4.40. The molecule has 1 rings (SSSR count). The number of nitrogens with zero attached hydrogens (tertiary/aromatic N) is 1. The SMILES string of the molecule is COc1ccc(NC(=O)[C@@H](N)C(C)C)cc1[N+](=O)[O-].Cl. The van der Waals surface area contributed by atoms with Crippen molar-refractivity contribution in [1.82, 2.24) is 0 Å².